The molecule has 38 heavy (non-hydrogen) atoms. The Morgan fingerprint density at radius 2 is 1.24 bits per heavy atom. The van der Waals surface area contributed by atoms with Crippen molar-refractivity contribution < 1.29 is 35.4 Å². The normalized spacial score (nSPS) is 26.6. The number of unbranched alkanes of at least 4 members (excludes halogenated alkanes) is 14. The lowest BCUT2D eigenvalue weighted by Gasteiger charge is -2.44. The summed E-state index contributed by atoms with van der Waals surface area (Å²) in [6.07, 6.45) is 13.2. The van der Waals surface area contributed by atoms with Crippen LogP contribution in [-0.4, -0.2) is 92.6 Å². The van der Waals surface area contributed by atoms with E-state index in [1.807, 2.05) is 6.08 Å². The van der Waals surface area contributed by atoms with E-state index >= 15 is 0 Å². The van der Waals surface area contributed by atoms with Crippen LogP contribution in [0.1, 0.15) is 117 Å². The zero-order valence-electron chi connectivity index (χ0n) is 24.1. The molecule has 0 radical (unpaired) electrons. The third kappa shape index (κ3) is 13.7. The van der Waals surface area contributed by atoms with Crippen LogP contribution in [0, 0.1) is 0 Å². The molecule has 0 spiro atoms. The van der Waals surface area contributed by atoms with Crippen molar-refractivity contribution >= 4 is 0 Å². The van der Waals surface area contributed by atoms with Gasteiger partial charge in [-0.25, -0.2) is 0 Å². The highest BCUT2D eigenvalue weighted by Gasteiger charge is 2.48. The van der Waals surface area contributed by atoms with Crippen molar-refractivity contribution in [3.8, 4) is 0 Å². The number of nitrogens with one attached hydrogen (secondary N) is 1. The van der Waals surface area contributed by atoms with Crippen molar-refractivity contribution in [2.24, 2.45) is 0 Å². The Balaban J connectivity index is 2.52. The van der Waals surface area contributed by atoms with Crippen LogP contribution in [0.2, 0.25) is 0 Å². The largest absolute Gasteiger partial charge is 0.394 e. The Morgan fingerprint density at radius 3 is 1.79 bits per heavy atom. The number of ether oxygens (including phenoxy) is 1. The van der Waals surface area contributed by atoms with Gasteiger partial charge in [0.2, 0.25) is 0 Å². The molecule has 0 saturated carbocycles. The summed E-state index contributed by atoms with van der Waals surface area (Å²) >= 11 is 0. The molecule has 1 aliphatic heterocycles. The van der Waals surface area contributed by atoms with E-state index in [2.05, 4.69) is 19.2 Å². The van der Waals surface area contributed by atoms with Crippen LogP contribution >= 0.6 is 0 Å². The van der Waals surface area contributed by atoms with E-state index < -0.39 is 55.4 Å². The first-order chi connectivity index (χ1) is 18.4. The lowest BCUT2D eigenvalue weighted by Crippen LogP contribution is -2.65. The zero-order valence-corrected chi connectivity index (χ0v) is 24.1. The summed E-state index contributed by atoms with van der Waals surface area (Å²) in [6, 6.07) is -0.841. The van der Waals surface area contributed by atoms with Gasteiger partial charge in [0, 0.05) is 0 Å². The Hall–Kier alpha value is -0.580. The summed E-state index contributed by atoms with van der Waals surface area (Å²) in [6.45, 7) is 4.38. The monoisotopic (exact) mass is 545 g/mol. The molecular formula is C30H59NO7. The van der Waals surface area contributed by atoms with Crippen LogP contribution in [0.5, 0.6) is 0 Å². The Kier molecular flexibility index (Phi) is 20.7. The summed E-state index contributed by atoms with van der Waals surface area (Å²) < 4.78 is 5.56. The summed E-state index contributed by atoms with van der Waals surface area (Å²) in [7, 11) is 0. The number of aliphatic hydroxyl groups excluding tert-OH is 6. The third-order valence-electron chi connectivity index (χ3n) is 7.72. The minimum Gasteiger partial charge on any atom is -0.394 e. The molecule has 7 N–H and O–H groups in total. The molecular weight excluding hydrogens is 486 g/mol. The van der Waals surface area contributed by atoms with E-state index in [1.165, 1.54) is 57.8 Å². The summed E-state index contributed by atoms with van der Waals surface area (Å²) in [5, 5.41) is 65.4. The average molecular weight is 546 g/mol. The molecule has 1 rings (SSSR count). The predicted molar refractivity (Wildman–Crippen MR) is 152 cm³/mol. The van der Waals surface area contributed by atoms with Crippen LogP contribution in [-0.2, 0) is 4.74 Å². The van der Waals surface area contributed by atoms with Crippen LogP contribution in [0.3, 0.4) is 0 Å². The van der Waals surface area contributed by atoms with Gasteiger partial charge in [-0.2, -0.15) is 0 Å². The summed E-state index contributed by atoms with van der Waals surface area (Å²) in [5.41, 5.74) is 0. The van der Waals surface area contributed by atoms with Crippen LogP contribution in [0.4, 0.5) is 0 Å². The fraction of sp³-hybridized carbons (Fsp3) is 0.933. The minimum absolute atomic E-state index is 0.565. The van der Waals surface area contributed by atoms with Gasteiger partial charge < -0.3 is 40.7 Å². The molecule has 226 valence electrons. The van der Waals surface area contributed by atoms with Crippen LogP contribution in [0.25, 0.3) is 0 Å². The molecule has 1 heterocycles. The number of allylic oxidation sites excluding steroid dienone is 1. The zero-order chi connectivity index (χ0) is 28.2. The molecule has 8 heteroatoms. The molecule has 0 aliphatic carbocycles. The first-order valence-electron chi connectivity index (χ1n) is 15.5. The molecule has 1 fully saturated rings. The van der Waals surface area contributed by atoms with Gasteiger partial charge in [0.25, 0.3) is 0 Å². The van der Waals surface area contributed by atoms with Gasteiger partial charge in [-0.05, 0) is 25.8 Å². The molecule has 1 saturated heterocycles. The maximum atomic E-state index is 11.1. The highest BCUT2D eigenvalue weighted by molar-refractivity contribution is 5.03. The average Bonchev–Trinajstić information content (AvgIpc) is 2.91. The van der Waals surface area contributed by atoms with Gasteiger partial charge >= 0.3 is 0 Å². The minimum atomic E-state index is -1.57. The van der Waals surface area contributed by atoms with Crippen molar-refractivity contribution in [2.75, 3.05) is 13.2 Å². The van der Waals surface area contributed by atoms with E-state index in [4.69, 9.17) is 4.74 Å². The first-order valence-corrected chi connectivity index (χ1v) is 15.5. The Bertz CT molecular complexity index is 577. The second-order valence-electron chi connectivity index (χ2n) is 11.1. The standard InChI is InChI=1S/C30H59NO7/c1-3-5-7-9-10-11-12-13-14-15-16-17-18-20-23(33)25(31-21-19-8-6-4-2)27(35)30-29(37)28(36)26(34)24(22-32)38-30/h18,20,23-37H,3-17,19,21-22H2,1-2H3/b20-18+/t23-,24-,25-,26+,27?,28+,29-,30?/m1/s1. The number of rotatable bonds is 23. The molecule has 0 aromatic carbocycles. The van der Waals surface area contributed by atoms with Crippen molar-refractivity contribution in [3.05, 3.63) is 12.2 Å². The second-order valence-corrected chi connectivity index (χ2v) is 11.1. The van der Waals surface area contributed by atoms with E-state index in [9.17, 15) is 30.6 Å². The SMILES string of the molecule is CCCCCCCCCCCCC/C=C/[C@@H](O)[C@@H](NCCCCCC)C(O)C1O[C@H](CO)[C@H](O)[C@H](O)[C@H]1O. The van der Waals surface area contributed by atoms with E-state index in [1.54, 1.807) is 6.08 Å². The lowest BCUT2D eigenvalue weighted by molar-refractivity contribution is -0.253. The number of hydrogen-bond donors (Lipinski definition) is 7. The molecule has 0 aromatic heterocycles. The summed E-state index contributed by atoms with van der Waals surface area (Å²) in [5.74, 6) is 0. The van der Waals surface area contributed by atoms with Gasteiger partial charge in [-0.3, -0.25) is 0 Å². The maximum Gasteiger partial charge on any atom is 0.114 e. The number of hydrogen-bond acceptors (Lipinski definition) is 8. The molecule has 8 nitrogen and oxygen atoms in total. The van der Waals surface area contributed by atoms with Gasteiger partial charge in [0.1, 0.15) is 36.6 Å². The van der Waals surface area contributed by atoms with Crippen molar-refractivity contribution in [1.29, 1.82) is 0 Å². The smallest absolute Gasteiger partial charge is 0.114 e. The van der Waals surface area contributed by atoms with Crippen molar-refractivity contribution in [2.45, 2.75) is 165 Å². The van der Waals surface area contributed by atoms with Gasteiger partial charge in [-0.15, -0.1) is 0 Å². The first kappa shape index (κ1) is 35.4. The third-order valence-corrected chi connectivity index (χ3v) is 7.72. The highest BCUT2D eigenvalue weighted by Crippen LogP contribution is 2.25. The topological polar surface area (TPSA) is 143 Å². The fourth-order valence-electron chi connectivity index (χ4n) is 5.16. The second kappa shape index (κ2) is 22.1. The molecule has 0 bridgehead atoms. The van der Waals surface area contributed by atoms with Crippen molar-refractivity contribution in [3.63, 3.8) is 0 Å². The van der Waals surface area contributed by atoms with Crippen LogP contribution < -0.4 is 5.32 Å². The van der Waals surface area contributed by atoms with Gasteiger partial charge in [-0.1, -0.05) is 109 Å². The molecule has 2 unspecified atom stereocenters. The predicted octanol–water partition coefficient (Wildman–Crippen LogP) is 3.35. The quantitative estimate of drug-likeness (QED) is 0.0765. The lowest BCUT2D eigenvalue weighted by atomic mass is 9.88. The van der Waals surface area contributed by atoms with E-state index in [0.29, 0.717) is 6.54 Å². The van der Waals surface area contributed by atoms with Crippen molar-refractivity contribution in [1.82, 2.24) is 5.32 Å². The van der Waals surface area contributed by atoms with E-state index in [0.717, 1.165) is 44.9 Å². The van der Waals surface area contributed by atoms with E-state index in [-0.39, 0.29) is 0 Å². The fourth-order valence-corrected chi connectivity index (χ4v) is 5.16. The Labute approximate surface area is 231 Å². The molecule has 0 amide bonds. The molecule has 1 aliphatic rings. The molecule has 0 aromatic rings. The summed E-state index contributed by atoms with van der Waals surface area (Å²) in [4.78, 5) is 0. The highest BCUT2D eigenvalue weighted by atomic mass is 16.6. The Morgan fingerprint density at radius 1 is 0.711 bits per heavy atom. The maximum absolute atomic E-state index is 11.1. The van der Waals surface area contributed by atoms with Gasteiger partial charge in [0.15, 0.2) is 0 Å². The molecule has 8 atom stereocenters. The number of aliphatic hydroxyl groups is 6. The van der Waals surface area contributed by atoms with Crippen LogP contribution in [0.15, 0.2) is 12.2 Å². The van der Waals surface area contributed by atoms with Gasteiger partial charge in [0.05, 0.1) is 18.8 Å².